The molecule has 2 aromatic carbocycles. The van der Waals surface area contributed by atoms with Gasteiger partial charge in [0.2, 0.25) is 0 Å². The van der Waals surface area contributed by atoms with Crippen molar-refractivity contribution in [3.05, 3.63) is 89.5 Å². The van der Waals surface area contributed by atoms with E-state index in [9.17, 15) is 9.50 Å². The van der Waals surface area contributed by atoms with Crippen LogP contribution in [0.2, 0.25) is 0 Å². The number of nitrogens with zero attached hydrogens (tertiary/aromatic N) is 2. The quantitative estimate of drug-likeness (QED) is 0.741. The fourth-order valence-corrected chi connectivity index (χ4v) is 3.64. The molecule has 0 saturated carbocycles. The number of aliphatic hydroxyl groups is 1. The third kappa shape index (κ3) is 3.20. The number of hydrogen-bond acceptors (Lipinski definition) is 2. The van der Waals surface area contributed by atoms with Gasteiger partial charge in [0.15, 0.2) is 0 Å². The number of rotatable bonds is 4. The second-order valence-electron chi connectivity index (χ2n) is 7.24. The van der Waals surface area contributed by atoms with E-state index in [1.807, 2.05) is 41.2 Å². The molecule has 2 unspecified atom stereocenters. The van der Waals surface area contributed by atoms with Crippen LogP contribution in [0, 0.1) is 11.2 Å². The van der Waals surface area contributed by atoms with E-state index in [1.165, 1.54) is 12.1 Å². The molecule has 0 amide bonds. The summed E-state index contributed by atoms with van der Waals surface area (Å²) in [5.74, 6) is -0.257. The molecule has 1 aliphatic carbocycles. The first kappa shape index (κ1) is 16.7. The zero-order valence-corrected chi connectivity index (χ0v) is 14.6. The molecule has 132 valence electrons. The number of halogens is 1. The molecule has 1 heterocycles. The van der Waals surface area contributed by atoms with Crippen molar-refractivity contribution >= 4 is 6.08 Å². The molecule has 0 radical (unpaired) electrons. The summed E-state index contributed by atoms with van der Waals surface area (Å²) in [5, 5.41) is 15.1. The van der Waals surface area contributed by atoms with Crippen molar-refractivity contribution in [1.29, 1.82) is 0 Å². The molecular formula is C22H21FN2O. The highest BCUT2D eigenvalue weighted by Gasteiger charge is 2.31. The Hall–Kier alpha value is -2.72. The molecule has 4 heteroatoms. The largest absolute Gasteiger partial charge is 0.388 e. The minimum atomic E-state index is -0.500. The minimum absolute atomic E-state index is 0.140. The van der Waals surface area contributed by atoms with Crippen LogP contribution in [0.1, 0.15) is 36.3 Å². The summed E-state index contributed by atoms with van der Waals surface area (Å²) in [7, 11) is 0. The molecule has 1 aromatic heterocycles. The van der Waals surface area contributed by atoms with Crippen molar-refractivity contribution in [2.45, 2.75) is 25.9 Å². The molecule has 1 N–H and O–H groups in total. The normalized spacial score (nSPS) is 20.0. The van der Waals surface area contributed by atoms with Crippen LogP contribution >= 0.6 is 0 Å². The summed E-state index contributed by atoms with van der Waals surface area (Å²) in [5.41, 5.74) is 3.79. The molecular weight excluding hydrogens is 327 g/mol. The van der Waals surface area contributed by atoms with Crippen LogP contribution in [0.25, 0.3) is 11.8 Å². The Morgan fingerprint density at radius 1 is 1.15 bits per heavy atom. The predicted octanol–water partition coefficient (Wildman–Crippen LogP) is 4.71. The molecule has 0 bridgehead atoms. The highest BCUT2D eigenvalue weighted by atomic mass is 19.1. The molecule has 3 nitrogen and oxygen atoms in total. The summed E-state index contributed by atoms with van der Waals surface area (Å²) in [6.07, 6.45) is 7.05. The first-order chi connectivity index (χ1) is 12.5. The lowest BCUT2D eigenvalue weighted by atomic mass is 9.75. The van der Waals surface area contributed by atoms with Gasteiger partial charge in [-0.25, -0.2) is 9.07 Å². The Morgan fingerprint density at radius 2 is 1.88 bits per heavy atom. The Labute approximate surface area is 152 Å². The molecule has 0 saturated heterocycles. The monoisotopic (exact) mass is 348 g/mol. The molecule has 4 rings (SSSR count). The lowest BCUT2D eigenvalue weighted by molar-refractivity contribution is 0.125. The molecule has 3 aromatic rings. The van der Waals surface area contributed by atoms with E-state index >= 15 is 0 Å². The fraction of sp³-hybridized carbons (Fsp3) is 0.227. The van der Waals surface area contributed by atoms with E-state index in [0.717, 1.165) is 28.9 Å². The number of hydrogen-bond donors (Lipinski definition) is 1. The molecule has 0 spiro atoms. The molecule has 1 aliphatic rings. The van der Waals surface area contributed by atoms with Gasteiger partial charge in [0.05, 0.1) is 23.7 Å². The smallest absolute Gasteiger partial charge is 0.123 e. The van der Waals surface area contributed by atoms with E-state index < -0.39 is 6.10 Å². The maximum absolute atomic E-state index is 13.2. The number of benzene rings is 2. The van der Waals surface area contributed by atoms with Crippen LogP contribution in [-0.2, 0) is 6.42 Å². The van der Waals surface area contributed by atoms with Gasteiger partial charge < -0.3 is 5.11 Å². The van der Waals surface area contributed by atoms with Gasteiger partial charge in [-0.2, -0.15) is 5.10 Å². The second-order valence-corrected chi connectivity index (χ2v) is 7.24. The standard InChI is InChI=1S/C22H21FN2O/c1-22(14-21(26)16-5-3-2-4-6-16)12-11-20-17(13-22)15-24-25(20)19-9-7-18(23)8-10-19/h2-12,15,21,26H,13-14H2,1H3. The van der Waals surface area contributed by atoms with Crippen molar-refractivity contribution in [3.8, 4) is 5.69 Å². The predicted molar refractivity (Wildman–Crippen MR) is 100 cm³/mol. The zero-order chi connectivity index (χ0) is 18.1. The van der Waals surface area contributed by atoms with Gasteiger partial charge in [0, 0.05) is 0 Å². The van der Waals surface area contributed by atoms with Gasteiger partial charge in [-0.05, 0) is 59.7 Å². The summed E-state index contributed by atoms with van der Waals surface area (Å²) >= 11 is 0. The number of aliphatic hydroxyl groups excluding tert-OH is 1. The number of allylic oxidation sites excluding steroid dienone is 1. The number of fused-ring (bicyclic) bond motifs is 1. The molecule has 26 heavy (non-hydrogen) atoms. The summed E-state index contributed by atoms with van der Waals surface area (Å²) in [6, 6.07) is 16.1. The maximum atomic E-state index is 13.2. The lowest BCUT2D eigenvalue weighted by Crippen LogP contribution is -2.23. The highest BCUT2D eigenvalue weighted by molar-refractivity contribution is 5.57. The van der Waals surface area contributed by atoms with Gasteiger partial charge in [0.1, 0.15) is 5.82 Å². The lowest BCUT2D eigenvalue weighted by Gasteiger charge is -2.31. The molecule has 2 atom stereocenters. The first-order valence-electron chi connectivity index (χ1n) is 8.79. The fourth-order valence-electron chi connectivity index (χ4n) is 3.64. The summed E-state index contributed by atoms with van der Waals surface area (Å²) in [4.78, 5) is 0. The van der Waals surface area contributed by atoms with Gasteiger partial charge in [-0.1, -0.05) is 43.3 Å². The van der Waals surface area contributed by atoms with E-state index in [2.05, 4.69) is 24.2 Å². The van der Waals surface area contributed by atoms with Crippen LogP contribution in [0.15, 0.2) is 66.9 Å². The third-order valence-electron chi connectivity index (χ3n) is 5.04. The van der Waals surface area contributed by atoms with Crippen molar-refractivity contribution in [2.24, 2.45) is 5.41 Å². The Bertz CT molecular complexity index is 931. The van der Waals surface area contributed by atoms with E-state index in [0.29, 0.717) is 6.42 Å². The number of aromatic nitrogens is 2. The average Bonchev–Trinajstić information content (AvgIpc) is 3.05. The molecule has 0 fully saturated rings. The first-order valence-corrected chi connectivity index (χ1v) is 8.79. The zero-order valence-electron chi connectivity index (χ0n) is 14.6. The van der Waals surface area contributed by atoms with Crippen LogP contribution in [0.5, 0.6) is 0 Å². The van der Waals surface area contributed by atoms with E-state index in [4.69, 9.17) is 0 Å². The minimum Gasteiger partial charge on any atom is -0.388 e. The van der Waals surface area contributed by atoms with E-state index in [-0.39, 0.29) is 11.2 Å². The Balaban J connectivity index is 1.57. The SMILES string of the molecule is CC1(CC(O)c2ccccc2)C=Cc2c(cnn2-c2ccc(F)cc2)C1. The van der Waals surface area contributed by atoms with Crippen LogP contribution < -0.4 is 0 Å². The van der Waals surface area contributed by atoms with Gasteiger partial charge in [-0.15, -0.1) is 0 Å². The van der Waals surface area contributed by atoms with Gasteiger partial charge >= 0.3 is 0 Å². The topological polar surface area (TPSA) is 38.1 Å². The second kappa shape index (κ2) is 6.54. The van der Waals surface area contributed by atoms with Gasteiger partial charge in [0.25, 0.3) is 0 Å². The molecule has 0 aliphatic heterocycles. The summed E-state index contributed by atoms with van der Waals surface area (Å²) in [6.45, 7) is 2.16. The summed E-state index contributed by atoms with van der Waals surface area (Å²) < 4.78 is 15.0. The van der Waals surface area contributed by atoms with Crippen molar-refractivity contribution in [2.75, 3.05) is 0 Å². The van der Waals surface area contributed by atoms with Gasteiger partial charge in [-0.3, -0.25) is 0 Å². The maximum Gasteiger partial charge on any atom is 0.123 e. The average molecular weight is 348 g/mol. The van der Waals surface area contributed by atoms with E-state index in [1.54, 1.807) is 12.1 Å². The Morgan fingerprint density at radius 3 is 2.62 bits per heavy atom. The highest BCUT2D eigenvalue weighted by Crippen LogP contribution is 2.39. The van der Waals surface area contributed by atoms with Crippen LogP contribution in [0.3, 0.4) is 0 Å². The van der Waals surface area contributed by atoms with Crippen LogP contribution in [-0.4, -0.2) is 14.9 Å². The Kier molecular flexibility index (Phi) is 4.21. The van der Waals surface area contributed by atoms with Crippen molar-refractivity contribution < 1.29 is 9.50 Å². The van der Waals surface area contributed by atoms with Crippen molar-refractivity contribution in [1.82, 2.24) is 9.78 Å². The third-order valence-corrected chi connectivity index (χ3v) is 5.04. The van der Waals surface area contributed by atoms with Crippen LogP contribution in [0.4, 0.5) is 4.39 Å². The van der Waals surface area contributed by atoms with Crippen molar-refractivity contribution in [3.63, 3.8) is 0 Å².